The molecule has 3 atom stereocenters. The number of aryl methyl sites for hydroxylation is 1. The smallest absolute Gasteiger partial charge is 0.417 e. The summed E-state index contributed by atoms with van der Waals surface area (Å²) < 4.78 is 64.9. The molecule has 2 fully saturated rings. The molecule has 0 bridgehead atoms. The number of nitrogens with zero attached hydrogens (tertiary/aromatic N) is 6. The molecule has 0 aliphatic carbocycles. The molecule has 0 spiro atoms. The second kappa shape index (κ2) is 23.5. The summed E-state index contributed by atoms with van der Waals surface area (Å²) in [7, 11) is 0. The van der Waals surface area contributed by atoms with Crippen LogP contribution >= 0.6 is 23.6 Å². The number of aliphatic hydroxyl groups excluding tert-OH is 1. The molecule has 4 heterocycles. The monoisotopic (exact) mass is 1080 g/mol. The van der Waals surface area contributed by atoms with Crippen molar-refractivity contribution in [3.05, 3.63) is 124 Å². The number of nitriles is 1. The maximum absolute atomic E-state index is 14.3. The van der Waals surface area contributed by atoms with Gasteiger partial charge >= 0.3 is 6.18 Å². The van der Waals surface area contributed by atoms with Crippen LogP contribution in [0.1, 0.15) is 78.8 Å². The van der Waals surface area contributed by atoms with E-state index in [-0.39, 0.29) is 67.8 Å². The average molecular weight is 1080 g/mol. The molecule has 0 radical (unpaired) electrons. The van der Waals surface area contributed by atoms with E-state index < -0.39 is 52.8 Å². The Labute approximate surface area is 447 Å². The Hall–Kier alpha value is -6.96. The number of nitrogens with one attached hydrogen (secondary N) is 1. The maximum atomic E-state index is 14.3. The molecule has 2 saturated heterocycles. The van der Waals surface area contributed by atoms with Gasteiger partial charge in [-0.15, -0.1) is 11.3 Å². The van der Waals surface area contributed by atoms with Gasteiger partial charge in [0.25, 0.3) is 11.8 Å². The lowest BCUT2D eigenvalue weighted by Gasteiger charge is -2.35. The number of halogens is 3. The van der Waals surface area contributed by atoms with E-state index in [4.69, 9.17) is 31.2 Å². The van der Waals surface area contributed by atoms with Gasteiger partial charge in [0.2, 0.25) is 11.8 Å². The number of hydrogen-bond acceptors (Lipinski definition) is 13. The van der Waals surface area contributed by atoms with Gasteiger partial charge in [0.05, 0.1) is 71.5 Å². The van der Waals surface area contributed by atoms with Gasteiger partial charge < -0.3 is 44.1 Å². The summed E-state index contributed by atoms with van der Waals surface area (Å²) in [5, 5.41) is 22.9. The summed E-state index contributed by atoms with van der Waals surface area (Å²) in [5.74, 6) is -0.735. The van der Waals surface area contributed by atoms with Crippen molar-refractivity contribution >= 4 is 63.7 Å². The van der Waals surface area contributed by atoms with Crippen LogP contribution in [0.4, 0.5) is 24.5 Å². The third-order valence-corrected chi connectivity index (χ3v) is 14.8. The van der Waals surface area contributed by atoms with E-state index in [1.807, 2.05) is 51.1 Å². The number of aliphatic hydroxyl groups is 1. The van der Waals surface area contributed by atoms with Crippen LogP contribution in [-0.2, 0) is 43.1 Å². The van der Waals surface area contributed by atoms with Crippen LogP contribution in [0.2, 0.25) is 0 Å². The van der Waals surface area contributed by atoms with Gasteiger partial charge in [-0.2, -0.15) is 18.4 Å². The zero-order chi connectivity index (χ0) is 54.5. The lowest BCUT2D eigenvalue weighted by molar-refractivity contribution is -0.143. The first-order chi connectivity index (χ1) is 36.3. The van der Waals surface area contributed by atoms with Crippen molar-refractivity contribution in [3.63, 3.8) is 0 Å². The molecule has 1 aromatic heterocycles. The highest BCUT2D eigenvalue weighted by molar-refractivity contribution is 7.81. The first-order valence-corrected chi connectivity index (χ1v) is 26.1. The maximum Gasteiger partial charge on any atom is 0.417 e. The molecular weight excluding hydrogens is 1020 g/mol. The molecule has 0 saturated carbocycles. The first-order valence-electron chi connectivity index (χ1n) is 24.8. The van der Waals surface area contributed by atoms with E-state index in [0.29, 0.717) is 61.2 Å². The fraction of sp³-hybridized carbons (Fsp3) is 0.400. The van der Waals surface area contributed by atoms with Crippen LogP contribution in [0.25, 0.3) is 10.4 Å². The number of hydrogen-bond donors (Lipinski definition) is 2. The van der Waals surface area contributed by atoms with Gasteiger partial charge in [-0.1, -0.05) is 44.2 Å². The molecule has 2 N–H and O–H groups in total. The van der Waals surface area contributed by atoms with Crippen LogP contribution in [-0.4, -0.2) is 119 Å². The molecule has 3 aliphatic heterocycles. The van der Waals surface area contributed by atoms with Crippen molar-refractivity contribution in [1.82, 2.24) is 20.1 Å². The van der Waals surface area contributed by atoms with Crippen molar-refractivity contribution in [1.29, 1.82) is 5.26 Å². The number of amides is 4. The SMILES string of the molecule is Cc1ncsc1-c1ccc(CNC(=O)[C@@H]2C[C@@H](O)CN2C(=O)C(C(C)C)N2Cc3ccccc3C2=O)c(OCCCOCCOCCOc2ccc(N3C(=S)N(c4ccc(C#N)c(C(F)(F)F)c4)C(=O)C3(C)C)cc2)c1. The lowest BCUT2D eigenvalue weighted by atomic mass is 10.0. The number of ether oxygens (including phenoxy) is 4. The Morgan fingerprint density at radius 2 is 1.66 bits per heavy atom. The Bertz CT molecular complexity index is 3020. The molecular formula is C55H58F3N7O9S2. The minimum Gasteiger partial charge on any atom is -0.493 e. The molecule has 1 unspecified atom stereocenters. The topological polar surface area (TPSA) is 187 Å². The van der Waals surface area contributed by atoms with Gasteiger partial charge in [0.1, 0.15) is 35.7 Å². The van der Waals surface area contributed by atoms with Crippen LogP contribution in [0.5, 0.6) is 11.5 Å². The summed E-state index contributed by atoms with van der Waals surface area (Å²) in [6.07, 6.45) is -5.10. The van der Waals surface area contributed by atoms with Crippen molar-refractivity contribution in [2.24, 2.45) is 5.92 Å². The van der Waals surface area contributed by atoms with Crippen LogP contribution < -0.4 is 24.6 Å². The first kappa shape index (κ1) is 55.3. The number of alkyl halides is 3. The zero-order valence-electron chi connectivity index (χ0n) is 42.6. The largest absolute Gasteiger partial charge is 0.493 e. The standard InChI is InChI=1S/C55H58F3N7O9S2/c1-33(2)47(63-30-38-9-6-7-10-43(38)50(63)68)51(69)62-31-41(66)27-45(62)49(67)60-29-37-12-11-35(48-34(3)61-32-76-48)25-46(37)74-20-8-19-71-21-22-72-23-24-73-42-17-15-39(16-18-42)65-53(75)64(52(70)54(65,4)5)40-14-13-36(28-59)44(26-40)55(56,57)58/h6-7,9-18,25-26,32-33,41,45,47,66H,8,19-24,27,29-31H2,1-5H3,(H,60,67)/t41-,45+,47?/m1/s1. The predicted molar refractivity (Wildman–Crippen MR) is 282 cm³/mol. The van der Waals surface area contributed by atoms with Crippen LogP contribution in [0.15, 0.2) is 90.4 Å². The van der Waals surface area contributed by atoms with Gasteiger partial charge in [0, 0.05) is 55.9 Å². The Balaban J connectivity index is 0.780. The number of fused-ring (bicyclic) bond motifs is 1. The highest BCUT2D eigenvalue weighted by Crippen LogP contribution is 2.40. The number of benzene rings is 4. The summed E-state index contributed by atoms with van der Waals surface area (Å²) in [6.45, 7) is 11.1. The third kappa shape index (κ3) is 11.9. The quantitative estimate of drug-likeness (QED) is 0.0531. The van der Waals surface area contributed by atoms with E-state index in [0.717, 1.165) is 38.7 Å². The van der Waals surface area contributed by atoms with E-state index in [1.165, 1.54) is 22.3 Å². The van der Waals surface area contributed by atoms with Gasteiger partial charge in [-0.05, 0) is 105 Å². The second-order valence-electron chi connectivity index (χ2n) is 19.4. The van der Waals surface area contributed by atoms with Crippen molar-refractivity contribution in [3.8, 4) is 28.0 Å². The molecule has 21 heteroatoms. The second-order valence-corrected chi connectivity index (χ2v) is 20.6. The average Bonchev–Trinajstić information content (AvgIpc) is 4.14. The number of β-amino-alcohol motifs (C(OH)–C–C–N with tert-alkyl or cyclic N) is 1. The van der Waals surface area contributed by atoms with Crippen molar-refractivity contribution in [2.75, 3.05) is 56.0 Å². The number of aromatic nitrogens is 1. The van der Waals surface area contributed by atoms with Gasteiger partial charge in [0.15, 0.2) is 5.11 Å². The van der Waals surface area contributed by atoms with Crippen LogP contribution in [0, 0.1) is 24.2 Å². The minimum atomic E-state index is -4.81. The van der Waals surface area contributed by atoms with Crippen molar-refractivity contribution < 1.29 is 56.4 Å². The molecule has 8 rings (SSSR count). The summed E-state index contributed by atoms with van der Waals surface area (Å²) >= 11 is 7.14. The fourth-order valence-corrected chi connectivity index (χ4v) is 11.0. The number of carbonyl (C=O) groups is 4. The van der Waals surface area contributed by atoms with Gasteiger partial charge in [-0.25, -0.2) is 4.98 Å². The number of rotatable bonds is 21. The summed E-state index contributed by atoms with van der Waals surface area (Å²) in [6, 6.07) is 22.6. The van der Waals surface area contributed by atoms with E-state index in [9.17, 15) is 42.7 Å². The Kier molecular flexibility index (Phi) is 17.1. The van der Waals surface area contributed by atoms with Gasteiger partial charge in [-0.3, -0.25) is 24.1 Å². The molecule has 4 aromatic carbocycles. The fourth-order valence-electron chi connectivity index (χ4n) is 9.65. The number of anilines is 2. The van der Waals surface area contributed by atoms with Crippen molar-refractivity contribution in [2.45, 2.75) is 90.5 Å². The molecule has 76 heavy (non-hydrogen) atoms. The summed E-state index contributed by atoms with van der Waals surface area (Å²) in [4.78, 5) is 66.2. The highest BCUT2D eigenvalue weighted by Gasteiger charge is 2.51. The number of likely N-dealkylation sites (tertiary alicyclic amines) is 1. The normalized spacial score (nSPS) is 17.6. The lowest BCUT2D eigenvalue weighted by Crippen LogP contribution is -2.55. The molecule has 400 valence electrons. The number of thiocarbonyl (C=S) groups is 1. The Morgan fingerprint density at radius 3 is 2.34 bits per heavy atom. The third-order valence-electron chi connectivity index (χ3n) is 13.5. The Morgan fingerprint density at radius 1 is 0.947 bits per heavy atom. The van der Waals surface area contributed by atoms with E-state index in [2.05, 4.69) is 10.3 Å². The molecule has 3 aliphatic rings. The van der Waals surface area contributed by atoms with Crippen LogP contribution in [0.3, 0.4) is 0 Å². The van der Waals surface area contributed by atoms with E-state index in [1.54, 1.807) is 71.6 Å². The molecule has 16 nitrogen and oxygen atoms in total. The van der Waals surface area contributed by atoms with E-state index >= 15 is 0 Å². The summed E-state index contributed by atoms with van der Waals surface area (Å²) in [5.41, 5.74) is 3.14. The minimum absolute atomic E-state index is 0.0157. The zero-order valence-corrected chi connectivity index (χ0v) is 44.2. The highest BCUT2D eigenvalue weighted by atomic mass is 32.1. The number of thiazole rings is 1. The predicted octanol–water partition coefficient (Wildman–Crippen LogP) is 8.07. The number of carbonyl (C=O) groups excluding carboxylic acids is 4. The molecule has 4 amide bonds. The molecule has 5 aromatic rings.